The molecule has 0 aromatic heterocycles. The van der Waals surface area contributed by atoms with E-state index in [9.17, 15) is 0 Å². The van der Waals surface area contributed by atoms with E-state index in [-0.39, 0.29) is 0 Å². The molecule has 2 N–H and O–H groups in total. The van der Waals surface area contributed by atoms with E-state index < -0.39 is 0 Å². The highest BCUT2D eigenvalue weighted by atomic mass is 14.6. The van der Waals surface area contributed by atoms with Gasteiger partial charge in [0.15, 0.2) is 0 Å². The molecule has 0 bridgehead atoms. The Labute approximate surface area is 109 Å². The number of hydrogen-bond donors (Lipinski definition) is 1. The van der Waals surface area contributed by atoms with Gasteiger partial charge in [0.2, 0.25) is 0 Å². The van der Waals surface area contributed by atoms with Crippen LogP contribution in [0.25, 0.3) is 11.1 Å². The summed E-state index contributed by atoms with van der Waals surface area (Å²) in [7, 11) is 0. The number of benzene rings is 2. The van der Waals surface area contributed by atoms with Crippen LogP contribution in [0.3, 0.4) is 0 Å². The largest absolute Gasteiger partial charge is 0.398 e. The SMILES string of the molecule is Cc1ccc(N)c(-c2ccc(C3CCC3)cc2)c1. The third kappa shape index (κ3) is 2.01. The second kappa shape index (κ2) is 4.49. The molecule has 1 saturated carbocycles. The van der Waals surface area contributed by atoms with Crippen molar-refractivity contribution in [3.63, 3.8) is 0 Å². The molecule has 0 heterocycles. The maximum atomic E-state index is 6.06. The quantitative estimate of drug-likeness (QED) is 0.764. The van der Waals surface area contributed by atoms with Crippen LogP contribution >= 0.6 is 0 Å². The first-order chi connectivity index (χ1) is 8.74. The molecule has 1 aliphatic carbocycles. The lowest BCUT2D eigenvalue weighted by atomic mass is 9.80. The van der Waals surface area contributed by atoms with E-state index in [1.807, 2.05) is 6.07 Å². The van der Waals surface area contributed by atoms with Gasteiger partial charge in [-0.2, -0.15) is 0 Å². The molecule has 0 atom stereocenters. The minimum absolute atomic E-state index is 0.800. The van der Waals surface area contributed by atoms with Crippen molar-refractivity contribution in [2.75, 3.05) is 5.73 Å². The Morgan fingerprint density at radius 2 is 1.72 bits per heavy atom. The predicted octanol–water partition coefficient (Wildman–Crippen LogP) is 4.51. The molecular formula is C17H19N. The summed E-state index contributed by atoms with van der Waals surface area (Å²) in [6.07, 6.45) is 4.09. The van der Waals surface area contributed by atoms with Crippen LogP contribution in [0.15, 0.2) is 42.5 Å². The van der Waals surface area contributed by atoms with Gasteiger partial charge >= 0.3 is 0 Å². The van der Waals surface area contributed by atoms with Crippen LogP contribution in [0.2, 0.25) is 0 Å². The van der Waals surface area contributed by atoms with Crippen molar-refractivity contribution in [3.8, 4) is 11.1 Å². The number of anilines is 1. The molecule has 1 nitrogen and oxygen atoms in total. The topological polar surface area (TPSA) is 26.0 Å². The van der Waals surface area contributed by atoms with E-state index >= 15 is 0 Å². The van der Waals surface area contributed by atoms with E-state index in [0.717, 1.165) is 17.2 Å². The Hall–Kier alpha value is -1.76. The first-order valence-corrected chi connectivity index (χ1v) is 6.70. The zero-order chi connectivity index (χ0) is 12.5. The molecule has 3 rings (SSSR count). The highest BCUT2D eigenvalue weighted by Crippen LogP contribution is 2.37. The van der Waals surface area contributed by atoms with Crippen molar-refractivity contribution < 1.29 is 0 Å². The maximum Gasteiger partial charge on any atom is 0.0393 e. The van der Waals surface area contributed by atoms with Gasteiger partial charge < -0.3 is 5.73 Å². The lowest BCUT2D eigenvalue weighted by molar-refractivity contribution is 0.420. The van der Waals surface area contributed by atoms with Crippen molar-refractivity contribution in [2.45, 2.75) is 32.1 Å². The summed E-state index contributed by atoms with van der Waals surface area (Å²) in [6.45, 7) is 2.10. The minimum Gasteiger partial charge on any atom is -0.398 e. The Bertz CT molecular complexity index is 550. The fourth-order valence-electron chi connectivity index (χ4n) is 2.60. The molecule has 0 aliphatic heterocycles. The number of hydrogen-bond acceptors (Lipinski definition) is 1. The van der Waals surface area contributed by atoms with Gasteiger partial charge in [0, 0.05) is 11.3 Å². The summed E-state index contributed by atoms with van der Waals surface area (Å²) in [4.78, 5) is 0. The fraction of sp³-hybridized carbons (Fsp3) is 0.294. The number of aryl methyl sites for hydroxylation is 1. The number of nitrogens with two attached hydrogens (primary N) is 1. The van der Waals surface area contributed by atoms with Crippen molar-refractivity contribution in [2.24, 2.45) is 0 Å². The Balaban J connectivity index is 1.94. The van der Waals surface area contributed by atoms with Crippen LogP contribution in [0, 0.1) is 6.92 Å². The van der Waals surface area contributed by atoms with Crippen molar-refractivity contribution in [1.82, 2.24) is 0 Å². The zero-order valence-corrected chi connectivity index (χ0v) is 10.8. The standard InChI is InChI=1S/C17H19N/c1-12-5-10-17(18)16(11-12)15-8-6-14(7-9-15)13-3-2-4-13/h5-11,13H,2-4,18H2,1H3. The van der Waals surface area contributed by atoms with Crippen LogP contribution in [-0.2, 0) is 0 Å². The van der Waals surface area contributed by atoms with Gasteiger partial charge in [-0.25, -0.2) is 0 Å². The summed E-state index contributed by atoms with van der Waals surface area (Å²) in [5.41, 5.74) is 12.0. The highest BCUT2D eigenvalue weighted by Gasteiger charge is 2.19. The normalized spacial score (nSPS) is 15.4. The maximum absolute atomic E-state index is 6.06. The number of nitrogen functional groups attached to an aromatic ring is 1. The van der Waals surface area contributed by atoms with Crippen molar-refractivity contribution in [1.29, 1.82) is 0 Å². The van der Waals surface area contributed by atoms with E-state index in [1.54, 1.807) is 0 Å². The van der Waals surface area contributed by atoms with Crippen LogP contribution in [-0.4, -0.2) is 0 Å². The molecule has 2 aromatic rings. The molecule has 92 valence electrons. The first kappa shape index (κ1) is 11.3. The fourth-order valence-corrected chi connectivity index (χ4v) is 2.60. The second-order valence-corrected chi connectivity index (χ2v) is 5.34. The van der Waals surface area contributed by atoms with Crippen LogP contribution in [0.4, 0.5) is 5.69 Å². The summed E-state index contributed by atoms with van der Waals surface area (Å²) < 4.78 is 0. The summed E-state index contributed by atoms with van der Waals surface area (Å²) in [5.74, 6) is 0.800. The Morgan fingerprint density at radius 1 is 1.00 bits per heavy atom. The van der Waals surface area contributed by atoms with E-state index in [1.165, 1.54) is 36.0 Å². The molecule has 1 heteroatoms. The summed E-state index contributed by atoms with van der Waals surface area (Å²) in [6, 6.07) is 15.2. The molecule has 0 amide bonds. The molecular weight excluding hydrogens is 218 g/mol. The average molecular weight is 237 g/mol. The van der Waals surface area contributed by atoms with Gasteiger partial charge in [-0.1, -0.05) is 42.3 Å². The molecule has 18 heavy (non-hydrogen) atoms. The number of rotatable bonds is 2. The summed E-state index contributed by atoms with van der Waals surface area (Å²) >= 11 is 0. The lowest BCUT2D eigenvalue weighted by Gasteiger charge is -2.25. The van der Waals surface area contributed by atoms with Gasteiger partial charge in [0.1, 0.15) is 0 Å². The first-order valence-electron chi connectivity index (χ1n) is 6.70. The smallest absolute Gasteiger partial charge is 0.0393 e. The van der Waals surface area contributed by atoms with E-state index in [4.69, 9.17) is 5.73 Å². The Morgan fingerprint density at radius 3 is 2.33 bits per heavy atom. The van der Waals surface area contributed by atoms with Gasteiger partial charge in [0.25, 0.3) is 0 Å². The summed E-state index contributed by atoms with van der Waals surface area (Å²) in [5, 5.41) is 0. The van der Waals surface area contributed by atoms with Gasteiger partial charge in [0.05, 0.1) is 0 Å². The van der Waals surface area contributed by atoms with E-state index in [2.05, 4.69) is 43.3 Å². The second-order valence-electron chi connectivity index (χ2n) is 5.34. The van der Waals surface area contributed by atoms with Gasteiger partial charge in [-0.15, -0.1) is 0 Å². The highest BCUT2D eigenvalue weighted by molar-refractivity contribution is 5.77. The van der Waals surface area contributed by atoms with E-state index in [0.29, 0.717) is 0 Å². The van der Waals surface area contributed by atoms with Gasteiger partial charge in [-0.3, -0.25) is 0 Å². The molecule has 0 radical (unpaired) electrons. The van der Waals surface area contributed by atoms with Crippen molar-refractivity contribution >= 4 is 5.69 Å². The molecule has 0 spiro atoms. The molecule has 0 unspecified atom stereocenters. The Kier molecular flexibility index (Phi) is 2.83. The van der Waals surface area contributed by atoms with Gasteiger partial charge in [-0.05, 0) is 48.9 Å². The molecule has 1 aliphatic rings. The monoisotopic (exact) mass is 237 g/mol. The average Bonchev–Trinajstić information content (AvgIpc) is 2.31. The third-order valence-corrected chi connectivity index (χ3v) is 4.01. The predicted molar refractivity (Wildman–Crippen MR) is 77.6 cm³/mol. The third-order valence-electron chi connectivity index (χ3n) is 4.01. The lowest BCUT2D eigenvalue weighted by Crippen LogP contribution is -2.08. The van der Waals surface area contributed by atoms with Crippen LogP contribution < -0.4 is 5.73 Å². The molecule has 2 aromatic carbocycles. The minimum atomic E-state index is 0.800. The van der Waals surface area contributed by atoms with Crippen molar-refractivity contribution in [3.05, 3.63) is 53.6 Å². The zero-order valence-electron chi connectivity index (χ0n) is 10.8. The molecule has 0 saturated heterocycles. The molecule has 1 fully saturated rings. The van der Waals surface area contributed by atoms with Crippen LogP contribution in [0.5, 0.6) is 0 Å². The van der Waals surface area contributed by atoms with Crippen LogP contribution in [0.1, 0.15) is 36.3 Å².